The molecule has 0 atom stereocenters. The molecular formula is C14H17NOS. The Morgan fingerprint density at radius 3 is 2.82 bits per heavy atom. The van der Waals surface area contributed by atoms with Gasteiger partial charge in [-0.15, -0.1) is 0 Å². The Morgan fingerprint density at radius 1 is 1.24 bits per heavy atom. The van der Waals surface area contributed by atoms with Crippen LogP contribution in [0.2, 0.25) is 0 Å². The van der Waals surface area contributed by atoms with Crippen molar-refractivity contribution < 1.29 is 4.52 Å². The van der Waals surface area contributed by atoms with Gasteiger partial charge in [0.05, 0.1) is 5.69 Å². The van der Waals surface area contributed by atoms with Gasteiger partial charge in [-0.3, -0.25) is 0 Å². The van der Waals surface area contributed by atoms with Crippen molar-refractivity contribution in [3.05, 3.63) is 42.1 Å². The van der Waals surface area contributed by atoms with E-state index in [1.165, 1.54) is 18.6 Å². The highest BCUT2D eigenvalue weighted by Crippen LogP contribution is 2.22. The lowest BCUT2D eigenvalue weighted by Gasteiger charge is -1.95. The van der Waals surface area contributed by atoms with E-state index in [4.69, 9.17) is 4.52 Å². The van der Waals surface area contributed by atoms with Gasteiger partial charge in [-0.05, 0) is 12.2 Å². The van der Waals surface area contributed by atoms with E-state index in [2.05, 4.69) is 12.1 Å². The SMILES string of the molecule is CCCCSCc1cc(-c2ccccc2)on1. The summed E-state index contributed by atoms with van der Waals surface area (Å²) in [5, 5.41) is 4.09. The van der Waals surface area contributed by atoms with Crippen molar-refractivity contribution in [3.63, 3.8) is 0 Å². The fraction of sp³-hybridized carbons (Fsp3) is 0.357. The summed E-state index contributed by atoms with van der Waals surface area (Å²) in [5.41, 5.74) is 2.12. The van der Waals surface area contributed by atoms with Crippen LogP contribution in [0, 0.1) is 0 Å². The average molecular weight is 247 g/mol. The summed E-state index contributed by atoms with van der Waals surface area (Å²) < 4.78 is 5.34. The maximum atomic E-state index is 5.34. The van der Waals surface area contributed by atoms with E-state index in [0.717, 1.165) is 22.8 Å². The van der Waals surface area contributed by atoms with E-state index in [0.29, 0.717) is 0 Å². The first-order valence-electron chi connectivity index (χ1n) is 5.99. The fourth-order valence-electron chi connectivity index (χ4n) is 1.54. The summed E-state index contributed by atoms with van der Waals surface area (Å²) in [6, 6.07) is 12.1. The molecule has 90 valence electrons. The minimum Gasteiger partial charge on any atom is -0.356 e. The molecule has 1 aromatic heterocycles. The Balaban J connectivity index is 1.92. The van der Waals surface area contributed by atoms with Crippen LogP contribution < -0.4 is 0 Å². The van der Waals surface area contributed by atoms with E-state index in [-0.39, 0.29) is 0 Å². The Morgan fingerprint density at radius 2 is 2.06 bits per heavy atom. The normalized spacial score (nSPS) is 10.6. The van der Waals surface area contributed by atoms with Gasteiger partial charge < -0.3 is 4.52 Å². The number of rotatable bonds is 6. The molecule has 1 aromatic carbocycles. The first kappa shape index (κ1) is 12.2. The molecule has 0 aliphatic heterocycles. The highest BCUT2D eigenvalue weighted by atomic mass is 32.2. The van der Waals surface area contributed by atoms with Gasteiger partial charge in [-0.25, -0.2) is 0 Å². The zero-order valence-corrected chi connectivity index (χ0v) is 10.9. The maximum absolute atomic E-state index is 5.34. The number of benzene rings is 1. The Bertz CT molecular complexity index is 438. The van der Waals surface area contributed by atoms with Crippen molar-refractivity contribution in [1.82, 2.24) is 5.16 Å². The smallest absolute Gasteiger partial charge is 0.167 e. The van der Waals surface area contributed by atoms with Crippen LogP contribution in [0.4, 0.5) is 0 Å². The van der Waals surface area contributed by atoms with Crippen LogP contribution >= 0.6 is 11.8 Å². The van der Waals surface area contributed by atoms with Gasteiger partial charge in [0.1, 0.15) is 0 Å². The van der Waals surface area contributed by atoms with Crippen molar-refractivity contribution in [2.75, 3.05) is 5.75 Å². The molecule has 3 heteroatoms. The molecule has 0 bridgehead atoms. The van der Waals surface area contributed by atoms with Crippen LogP contribution in [0.15, 0.2) is 40.9 Å². The van der Waals surface area contributed by atoms with Gasteiger partial charge >= 0.3 is 0 Å². The molecule has 2 rings (SSSR count). The third-order valence-corrected chi connectivity index (χ3v) is 3.59. The molecular weight excluding hydrogens is 230 g/mol. The quantitative estimate of drug-likeness (QED) is 0.709. The van der Waals surface area contributed by atoms with Gasteiger partial charge in [-0.1, -0.05) is 48.8 Å². The second kappa shape index (κ2) is 6.50. The summed E-state index contributed by atoms with van der Waals surface area (Å²) in [7, 11) is 0. The minimum absolute atomic E-state index is 0.858. The Labute approximate surface area is 106 Å². The van der Waals surface area contributed by atoms with Crippen molar-refractivity contribution in [2.24, 2.45) is 0 Å². The number of thioether (sulfide) groups is 1. The molecule has 0 aliphatic rings. The average Bonchev–Trinajstić information content (AvgIpc) is 2.85. The van der Waals surface area contributed by atoms with Gasteiger partial charge in [-0.2, -0.15) is 11.8 Å². The molecule has 17 heavy (non-hydrogen) atoms. The summed E-state index contributed by atoms with van der Waals surface area (Å²) in [6.45, 7) is 2.21. The first-order chi connectivity index (χ1) is 8.40. The lowest BCUT2D eigenvalue weighted by Crippen LogP contribution is -1.82. The van der Waals surface area contributed by atoms with E-state index in [9.17, 15) is 0 Å². The summed E-state index contributed by atoms with van der Waals surface area (Å²) >= 11 is 1.92. The molecule has 0 fully saturated rings. The van der Waals surface area contributed by atoms with Gasteiger partial charge in [0.2, 0.25) is 0 Å². The zero-order valence-electron chi connectivity index (χ0n) is 10.1. The molecule has 0 spiro atoms. The fourth-order valence-corrected chi connectivity index (χ4v) is 2.52. The number of nitrogens with zero attached hydrogens (tertiary/aromatic N) is 1. The molecule has 0 saturated carbocycles. The minimum atomic E-state index is 0.858. The van der Waals surface area contributed by atoms with Crippen LogP contribution in [0.1, 0.15) is 25.5 Å². The molecule has 0 saturated heterocycles. The van der Waals surface area contributed by atoms with Gasteiger partial charge in [0.15, 0.2) is 5.76 Å². The van der Waals surface area contributed by atoms with Crippen LogP contribution in [0.5, 0.6) is 0 Å². The van der Waals surface area contributed by atoms with Crippen LogP contribution in [-0.4, -0.2) is 10.9 Å². The van der Waals surface area contributed by atoms with Crippen molar-refractivity contribution in [1.29, 1.82) is 0 Å². The van der Waals surface area contributed by atoms with E-state index in [1.54, 1.807) is 0 Å². The molecule has 0 amide bonds. The van der Waals surface area contributed by atoms with Crippen LogP contribution in [-0.2, 0) is 5.75 Å². The summed E-state index contributed by atoms with van der Waals surface area (Å²) in [5.74, 6) is 3.00. The van der Waals surface area contributed by atoms with Crippen molar-refractivity contribution in [2.45, 2.75) is 25.5 Å². The molecule has 1 heterocycles. The zero-order chi connectivity index (χ0) is 11.9. The molecule has 2 aromatic rings. The lowest BCUT2D eigenvalue weighted by molar-refractivity contribution is 0.426. The van der Waals surface area contributed by atoms with E-state index in [1.807, 2.05) is 48.2 Å². The second-order valence-corrected chi connectivity index (χ2v) is 5.06. The number of hydrogen-bond acceptors (Lipinski definition) is 3. The topological polar surface area (TPSA) is 26.0 Å². The summed E-state index contributed by atoms with van der Waals surface area (Å²) in [6.07, 6.45) is 2.52. The van der Waals surface area contributed by atoms with E-state index >= 15 is 0 Å². The standard InChI is InChI=1S/C14H17NOS/c1-2-3-9-17-11-13-10-14(16-15-13)12-7-5-4-6-8-12/h4-8,10H,2-3,9,11H2,1H3. The third-order valence-electron chi connectivity index (χ3n) is 2.51. The van der Waals surface area contributed by atoms with Crippen LogP contribution in [0.3, 0.4) is 0 Å². The second-order valence-electron chi connectivity index (χ2n) is 3.95. The van der Waals surface area contributed by atoms with Gasteiger partial charge in [0, 0.05) is 17.4 Å². The summed E-state index contributed by atoms with van der Waals surface area (Å²) in [4.78, 5) is 0. The lowest BCUT2D eigenvalue weighted by atomic mass is 10.2. The monoisotopic (exact) mass is 247 g/mol. The molecule has 2 nitrogen and oxygen atoms in total. The molecule has 0 N–H and O–H groups in total. The van der Waals surface area contributed by atoms with E-state index < -0.39 is 0 Å². The highest BCUT2D eigenvalue weighted by Gasteiger charge is 2.05. The number of unbranched alkanes of at least 4 members (excludes halogenated alkanes) is 1. The predicted octanol–water partition coefficient (Wildman–Crippen LogP) is 4.37. The van der Waals surface area contributed by atoms with Gasteiger partial charge in [0.25, 0.3) is 0 Å². The molecule has 0 unspecified atom stereocenters. The highest BCUT2D eigenvalue weighted by molar-refractivity contribution is 7.98. The number of hydrogen-bond donors (Lipinski definition) is 0. The predicted molar refractivity (Wildman–Crippen MR) is 73.0 cm³/mol. The number of aromatic nitrogens is 1. The molecule has 0 radical (unpaired) electrons. The first-order valence-corrected chi connectivity index (χ1v) is 7.14. The third kappa shape index (κ3) is 3.63. The van der Waals surface area contributed by atoms with Crippen LogP contribution in [0.25, 0.3) is 11.3 Å². The Kier molecular flexibility index (Phi) is 4.68. The Hall–Kier alpha value is -1.22. The maximum Gasteiger partial charge on any atom is 0.167 e. The van der Waals surface area contributed by atoms with Crippen molar-refractivity contribution in [3.8, 4) is 11.3 Å². The molecule has 0 aliphatic carbocycles. The van der Waals surface area contributed by atoms with Crippen molar-refractivity contribution >= 4 is 11.8 Å². The largest absolute Gasteiger partial charge is 0.356 e.